The maximum Gasteiger partial charge on any atom is 0.277 e. The lowest BCUT2D eigenvalue weighted by atomic mass is 9.97. The second kappa shape index (κ2) is 9.23. The van der Waals surface area contributed by atoms with E-state index in [2.05, 4.69) is 62.1 Å². The molecule has 2 aromatic heterocycles. The van der Waals surface area contributed by atoms with Gasteiger partial charge in [-0.05, 0) is 43.9 Å². The van der Waals surface area contributed by atoms with Crippen LogP contribution in [-0.2, 0) is 13.1 Å². The van der Waals surface area contributed by atoms with E-state index in [9.17, 15) is 4.79 Å². The number of fused-ring (bicyclic) bond motifs is 1. The van der Waals surface area contributed by atoms with E-state index < -0.39 is 5.91 Å². The molecule has 8 heteroatoms. The lowest BCUT2D eigenvalue weighted by molar-refractivity contribution is 0.0705. The third kappa shape index (κ3) is 4.29. The van der Waals surface area contributed by atoms with Crippen molar-refractivity contribution in [1.82, 2.24) is 25.3 Å². The number of anilines is 1. The lowest BCUT2D eigenvalue weighted by Gasteiger charge is -2.32. The van der Waals surface area contributed by atoms with Gasteiger partial charge in [-0.25, -0.2) is 15.4 Å². The maximum atomic E-state index is 11.4. The summed E-state index contributed by atoms with van der Waals surface area (Å²) >= 11 is 0. The molecule has 3 aromatic rings. The van der Waals surface area contributed by atoms with Gasteiger partial charge in [0.1, 0.15) is 0 Å². The van der Waals surface area contributed by atoms with Gasteiger partial charge in [0.2, 0.25) is 5.95 Å². The maximum absolute atomic E-state index is 11.4. The molecule has 3 N–H and O–H groups in total. The van der Waals surface area contributed by atoms with E-state index in [1.54, 1.807) is 5.48 Å². The number of aromatic nitrogens is 3. The third-order valence-corrected chi connectivity index (χ3v) is 5.86. The fourth-order valence-electron chi connectivity index (χ4n) is 4.14. The molecule has 1 amide bonds. The Labute approximate surface area is 175 Å². The summed E-state index contributed by atoms with van der Waals surface area (Å²) in [7, 11) is 0. The lowest BCUT2D eigenvalue weighted by Crippen LogP contribution is -2.38. The Balaban J connectivity index is 1.27. The molecule has 1 fully saturated rings. The van der Waals surface area contributed by atoms with Gasteiger partial charge in [-0.1, -0.05) is 18.2 Å². The van der Waals surface area contributed by atoms with Gasteiger partial charge in [0.05, 0.1) is 5.56 Å². The Morgan fingerprint density at radius 1 is 1.20 bits per heavy atom. The summed E-state index contributed by atoms with van der Waals surface area (Å²) in [6, 6.07) is 8.58. The average molecular weight is 409 g/mol. The fourth-order valence-corrected chi connectivity index (χ4v) is 4.14. The second-order valence-electron chi connectivity index (χ2n) is 7.73. The average Bonchev–Trinajstić information content (AvgIpc) is 3.17. The van der Waals surface area contributed by atoms with Crippen molar-refractivity contribution in [3.63, 3.8) is 0 Å². The molecule has 0 radical (unpaired) electrons. The van der Waals surface area contributed by atoms with Crippen molar-refractivity contribution >= 4 is 22.8 Å². The molecule has 1 saturated heterocycles. The molecule has 1 aliphatic rings. The van der Waals surface area contributed by atoms with Gasteiger partial charge in [0.25, 0.3) is 5.91 Å². The summed E-state index contributed by atoms with van der Waals surface area (Å²) in [5.41, 5.74) is 4.48. The van der Waals surface area contributed by atoms with Crippen LogP contribution in [-0.4, -0.2) is 45.3 Å². The number of amides is 1. The number of piperidine rings is 1. The number of nitrogens with one attached hydrogen (secondary N) is 2. The van der Waals surface area contributed by atoms with Gasteiger partial charge in [0, 0.05) is 55.7 Å². The van der Waals surface area contributed by atoms with Crippen LogP contribution in [0, 0.1) is 5.92 Å². The SMILES string of the molecule is CCn1cc(CNCC2CCN(c3ncc(C(=O)NO)cn3)CC2)c2ccccc21. The van der Waals surface area contributed by atoms with Crippen LogP contribution < -0.4 is 15.7 Å². The van der Waals surface area contributed by atoms with Crippen LogP contribution in [0.4, 0.5) is 5.95 Å². The molecular formula is C22H28N6O2. The number of aryl methyl sites for hydroxylation is 1. The largest absolute Gasteiger partial charge is 0.347 e. The molecule has 0 spiro atoms. The van der Waals surface area contributed by atoms with Crippen LogP contribution in [0.3, 0.4) is 0 Å². The number of rotatable bonds is 7. The van der Waals surface area contributed by atoms with Gasteiger partial charge >= 0.3 is 0 Å². The van der Waals surface area contributed by atoms with Crippen LogP contribution in [0.25, 0.3) is 10.9 Å². The first-order valence-electron chi connectivity index (χ1n) is 10.5. The smallest absolute Gasteiger partial charge is 0.277 e. The van der Waals surface area contributed by atoms with Crippen molar-refractivity contribution in [1.29, 1.82) is 0 Å². The molecule has 1 aliphatic heterocycles. The standard InChI is InChI=1S/C22H28N6O2/c1-2-27-15-18(19-5-3-4-6-20(19)27)12-23-11-16-7-9-28(10-8-16)22-24-13-17(14-25-22)21(29)26-30/h3-6,13-16,23,30H,2,7-12H2,1H3,(H,26,29). The number of carbonyl (C=O) groups excluding carboxylic acids is 1. The minimum Gasteiger partial charge on any atom is -0.347 e. The quantitative estimate of drug-likeness (QED) is 0.411. The number of nitrogens with zero attached hydrogens (tertiary/aromatic N) is 4. The molecule has 0 saturated carbocycles. The molecule has 1 aromatic carbocycles. The van der Waals surface area contributed by atoms with E-state index >= 15 is 0 Å². The van der Waals surface area contributed by atoms with E-state index in [4.69, 9.17) is 5.21 Å². The summed E-state index contributed by atoms with van der Waals surface area (Å²) in [6.07, 6.45) is 7.29. The van der Waals surface area contributed by atoms with Crippen molar-refractivity contribution in [2.75, 3.05) is 24.5 Å². The third-order valence-electron chi connectivity index (χ3n) is 5.86. The van der Waals surface area contributed by atoms with E-state index in [0.29, 0.717) is 11.9 Å². The zero-order valence-corrected chi connectivity index (χ0v) is 17.2. The zero-order chi connectivity index (χ0) is 20.9. The molecule has 0 unspecified atom stereocenters. The van der Waals surface area contributed by atoms with E-state index in [-0.39, 0.29) is 5.56 Å². The molecule has 0 aliphatic carbocycles. The molecule has 3 heterocycles. The second-order valence-corrected chi connectivity index (χ2v) is 7.73. The van der Waals surface area contributed by atoms with Crippen molar-refractivity contribution in [3.05, 3.63) is 54.0 Å². The molecule has 0 bridgehead atoms. The number of benzene rings is 1. The Morgan fingerprint density at radius 3 is 2.63 bits per heavy atom. The van der Waals surface area contributed by atoms with Crippen LogP contribution in [0.15, 0.2) is 42.9 Å². The summed E-state index contributed by atoms with van der Waals surface area (Å²) in [4.78, 5) is 22.0. The first-order valence-corrected chi connectivity index (χ1v) is 10.5. The Hall–Kier alpha value is -2.97. The summed E-state index contributed by atoms with van der Waals surface area (Å²) < 4.78 is 2.31. The zero-order valence-electron chi connectivity index (χ0n) is 17.2. The number of para-hydroxylation sites is 1. The first-order chi connectivity index (χ1) is 14.7. The highest BCUT2D eigenvalue weighted by molar-refractivity contribution is 5.92. The Bertz CT molecular complexity index is 993. The van der Waals surface area contributed by atoms with Crippen molar-refractivity contribution in [2.45, 2.75) is 32.9 Å². The number of carbonyl (C=O) groups is 1. The van der Waals surface area contributed by atoms with Gasteiger partial charge in [-0.2, -0.15) is 0 Å². The predicted molar refractivity (Wildman–Crippen MR) is 116 cm³/mol. The summed E-state index contributed by atoms with van der Waals surface area (Å²) in [6.45, 7) is 6.82. The number of hydrogen-bond donors (Lipinski definition) is 3. The monoisotopic (exact) mass is 408 g/mol. The normalized spacial score (nSPS) is 14.9. The minimum atomic E-state index is -0.603. The summed E-state index contributed by atoms with van der Waals surface area (Å²) in [5, 5.41) is 13.7. The van der Waals surface area contributed by atoms with Crippen LogP contribution >= 0.6 is 0 Å². The van der Waals surface area contributed by atoms with Crippen molar-refractivity contribution in [2.24, 2.45) is 5.92 Å². The molecule has 8 nitrogen and oxygen atoms in total. The number of hydrogen-bond acceptors (Lipinski definition) is 6. The summed E-state index contributed by atoms with van der Waals surface area (Å²) in [5.74, 6) is 0.650. The molecular weight excluding hydrogens is 380 g/mol. The van der Waals surface area contributed by atoms with Crippen LogP contribution in [0.5, 0.6) is 0 Å². The Morgan fingerprint density at radius 2 is 1.93 bits per heavy atom. The topological polar surface area (TPSA) is 95.3 Å². The fraction of sp³-hybridized carbons (Fsp3) is 0.409. The van der Waals surface area contributed by atoms with Gasteiger partial charge < -0.3 is 14.8 Å². The van der Waals surface area contributed by atoms with Gasteiger partial charge in [-0.3, -0.25) is 10.0 Å². The Kier molecular flexibility index (Phi) is 6.25. The van der Waals surface area contributed by atoms with Crippen molar-refractivity contribution < 1.29 is 10.0 Å². The van der Waals surface area contributed by atoms with Crippen LogP contribution in [0.1, 0.15) is 35.7 Å². The highest BCUT2D eigenvalue weighted by atomic mass is 16.5. The first kappa shape index (κ1) is 20.3. The minimum absolute atomic E-state index is 0.241. The molecule has 30 heavy (non-hydrogen) atoms. The molecule has 0 atom stereocenters. The van der Waals surface area contributed by atoms with Gasteiger partial charge in [0.15, 0.2) is 0 Å². The predicted octanol–water partition coefficient (Wildman–Crippen LogP) is 2.58. The van der Waals surface area contributed by atoms with Crippen molar-refractivity contribution in [3.8, 4) is 0 Å². The van der Waals surface area contributed by atoms with Gasteiger partial charge in [-0.15, -0.1) is 0 Å². The molecule has 158 valence electrons. The van der Waals surface area contributed by atoms with E-state index in [0.717, 1.165) is 45.6 Å². The molecule has 4 rings (SSSR count). The highest BCUT2D eigenvalue weighted by Crippen LogP contribution is 2.23. The van der Waals surface area contributed by atoms with E-state index in [1.165, 1.54) is 28.9 Å². The van der Waals surface area contributed by atoms with Crippen LogP contribution in [0.2, 0.25) is 0 Å². The highest BCUT2D eigenvalue weighted by Gasteiger charge is 2.21. The number of hydroxylamine groups is 1. The van der Waals surface area contributed by atoms with E-state index in [1.807, 2.05) is 0 Å².